The summed E-state index contributed by atoms with van der Waals surface area (Å²) in [7, 11) is 0. The topological polar surface area (TPSA) is 57.5 Å². The summed E-state index contributed by atoms with van der Waals surface area (Å²) in [5.41, 5.74) is 0. The molecule has 0 aromatic heterocycles. The number of carbonyl (C=O) groups is 1. The Kier molecular flexibility index (Phi) is 11.3. The Labute approximate surface area is 87.0 Å². The second-order valence-corrected chi connectivity index (χ2v) is 1.44. The fourth-order valence-corrected chi connectivity index (χ4v) is 0.385. The predicted molar refractivity (Wildman–Crippen MR) is 44.2 cm³/mol. The van der Waals surface area contributed by atoms with Crippen LogP contribution < -0.4 is 0 Å². The van der Waals surface area contributed by atoms with Crippen molar-refractivity contribution in [2.45, 2.75) is 0 Å². The zero-order valence-electron chi connectivity index (χ0n) is 5.27. The first-order valence-corrected chi connectivity index (χ1v) is 2.65. The summed E-state index contributed by atoms with van der Waals surface area (Å²) in [4.78, 5) is 8.56. The molecule has 1 aromatic carbocycles. The van der Waals surface area contributed by atoms with Gasteiger partial charge in [0.05, 0.1) is 0 Å². The van der Waals surface area contributed by atoms with Gasteiger partial charge in [-0.15, -0.1) is 0 Å². The molecule has 0 aliphatic heterocycles. The fraction of sp³-hybridized carbons (Fsp3) is 0. The Morgan fingerprint density at radius 1 is 0.818 bits per heavy atom. The molecule has 0 saturated carbocycles. The van der Waals surface area contributed by atoms with Crippen LogP contribution in [0.4, 0.5) is 4.79 Å². The van der Waals surface area contributed by atoms with Gasteiger partial charge in [0.1, 0.15) is 0 Å². The smallest absolute Gasteiger partial charge is 0.0623 e. The molecular weight excluding hydrogens is 155 g/mol. The second-order valence-electron chi connectivity index (χ2n) is 1.44. The summed E-state index contributed by atoms with van der Waals surface area (Å²) in [6.07, 6.45) is -1.83. The van der Waals surface area contributed by atoms with E-state index in [0.29, 0.717) is 0 Å². The summed E-state index contributed by atoms with van der Waals surface area (Å²) >= 11 is 0. The van der Waals surface area contributed by atoms with Gasteiger partial charge in [-0.2, -0.15) is 0 Å². The minimum atomic E-state index is -1.83. The maximum absolute atomic E-state index is 8.56. The van der Waals surface area contributed by atoms with Crippen LogP contribution in [0.15, 0.2) is 36.4 Å². The van der Waals surface area contributed by atoms with Gasteiger partial charge in [0.25, 0.3) is 0 Å². The van der Waals surface area contributed by atoms with Crippen LogP contribution >= 0.6 is 0 Å². The van der Waals surface area contributed by atoms with Gasteiger partial charge >= 0.3 is 35.7 Å². The van der Waals surface area contributed by atoms with Crippen LogP contribution in [-0.4, -0.2) is 45.9 Å². The van der Waals surface area contributed by atoms with Gasteiger partial charge < -0.3 is 10.2 Å². The molecule has 0 amide bonds. The quantitative estimate of drug-likeness (QED) is 0.567. The van der Waals surface area contributed by atoms with E-state index in [1.807, 2.05) is 36.4 Å². The van der Waals surface area contributed by atoms with Crippen LogP contribution in [0.5, 0.6) is 0 Å². The second kappa shape index (κ2) is 9.49. The van der Waals surface area contributed by atoms with Crippen molar-refractivity contribution in [3.63, 3.8) is 0 Å². The van der Waals surface area contributed by atoms with Gasteiger partial charge in [0, 0.05) is 0 Å². The van der Waals surface area contributed by atoms with E-state index < -0.39 is 6.16 Å². The fourth-order valence-electron chi connectivity index (χ4n) is 0.385. The molecule has 56 valence electrons. The molecule has 11 heavy (non-hydrogen) atoms. The molecule has 3 nitrogen and oxygen atoms in total. The van der Waals surface area contributed by atoms with Crippen molar-refractivity contribution in [2.24, 2.45) is 0 Å². The van der Waals surface area contributed by atoms with Crippen molar-refractivity contribution in [3.8, 4) is 0 Å². The molecule has 4 heteroatoms. The average Bonchev–Trinajstić information content (AvgIpc) is 1.90. The normalized spacial score (nSPS) is 6.55. The van der Waals surface area contributed by atoms with E-state index >= 15 is 0 Å². The van der Waals surface area contributed by atoms with Gasteiger partial charge in [-0.3, -0.25) is 0 Å². The number of hydrogen-bond acceptors (Lipinski definition) is 1. The molecule has 0 aliphatic rings. The Bertz CT molecular complexity index is 146. The molecule has 0 atom stereocenters. The zero-order chi connectivity index (χ0) is 7.82. The molecule has 0 aliphatic carbocycles. The molecule has 0 heterocycles. The van der Waals surface area contributed by atoms with Crippen LogP contribution in [0.25, 0.3) is 0 Å². The first-order valence-electron chi connectivity index (χ1n) is 2.65. The summed E-state index contributed by atoms with van der Waals surface area (Å²) in [6, 6.07) is 12.0. The van der Waals surface area contributed by atoms with Crippen molar-refractivity contribution in [1.29, 1.82) is 0 Å². The third-order valence-electron chi connectivity index (χ3n) is 0.667. The van der Waals surface area contributed by atoms with Crippen molar-refractivity contribution in [1.82, 2.24) is 0 Å². The van der Waals surface area contributed by atoms with E-state index in [1.165, 1.54) is 0 Å². The zero-order valence-corrected chi connectivity index (χ0v) is 5.27. The van der Waals surface area contributed by atoms with E-state index in [2.05, 4.69) is 0 Å². The van der Waals surface area contributed by atoms with Crippen LogP contribution in [0.2, 0.25) is 0 Å². The molecular formula is C7H9NaO3. The third kappa shape index (κ3) is 17.7. The maximum atomic E-state index is 8.56. The van der Waals surface area contributed by atoms with Crippen LogP contribution in [0, 0.1) is 0 Å². The van der Waals surface area contributed by atoms with Gasteiger partial charge in [0.2, 0.25) is 0 Å². The molecule has 0 fully saturated rings. The summed E-state index contributed by atoms with van der Waals surface area (Å²) in [6.45, 7) is 0. The van der Waals surface area contributed by atoms with E-state index in [0.717, 1.165) is 0 Å². The van der Waals surface area contributed by atoms with E-state index in [9.17, 15) is 0 Å². The minimum Gasteiger partial charge on any atom is -0.0623 e. The monoisotopic (exact) mass is 164 g/mol. The predicted octanol–water partition coefficient (Wildman–Crippen LogP) is 1.26. The number of carboxylic acid groups (broad SMARTS) is 2. The molecule has 0 radical (unpaired) electrons. The molecule has 1 aromatic rings. The third-order valence-corrected chi connectivity index (χ3v) is 0.667. The Hall–Kier alpha value is -0.510. The minimum absolute atomic E-state index is 0. The number of rotatable bonds is 0. The first kappa shape index (κ1) is 13.1. The average molecular weight is 164 g/mol. The Morgan fingerprint density at radius 2 is 0.909 bits per heavy atom. The van der Waals surface area contributed by atoms with Crippen molar-refractivity contribution < 1.29 is 15.0 Å². The largest absolute Gasteiger partial charge is 0.0623 e. The van der Waals surface area contributed by atoms with Gasteiger partial charge in [-0.25, -0.2) is 4.79 Å². The van der Waals surface area contributed by atoms with Crippen LogP contribution in [0.1, 0.15) is 0 Å². The number of benzene rings is 1. The van der Waals surface area contributed by atoms with Crippen molar-refractivity contribution in [3.05, 3.63) is 36.4 Å². The summed E-state index contributed by atoms with van der Waals surface area (Å²) in [5, 5.41) is 13.9. The summed E-state index contributed by atoms with van der Waals surface area (Å²) in [5.74, 6) is 0. The molecule has 0 unspecified atom stereocenters. The molecule has 2 N–H and O–H groups in total. The van der Waals surface area contributed by atoms with Crippen LogP contribution in [0.3, 0.4) is 0 Å². The van der Waals surface area contributed by atoms with E-state index in [1.54, 1.807) is 0 Å². The molecule has 0 saturated heterocycles. The molecule has 0 spiro atoms. The SMILES string of the molecule is O=C(O)O.[NaH].c1ccccc1. The Balaban J connectivity index is 0. The molecule has 1 rings (SSSR count). The van der Waals surface area contributed by atoms with E-state index in [4.69, 9.17) is 15.0 Å². The van der Waals surface area contributed by atoms with Gasteiger partial charge in [-0.1, -0.05) is 36.4 Å². The van der Waals surface area contributed by atoms with Crippen molar-refractivity contribution in [2.75, 3.05) is 0 Å². The standard InChI is InChI=1S/C6H6.CH2O3.Na.H/c1-2-4-6-5-3-1;2-1(3)4;;/h1-6H;(H2,2,3,4);;. The van der Waals surface area contributed by atoms with Gasteiger partial charge in [0.15, 0.2) is 0 Å². The van der Waals surface area contributed by atoms with Crippen LogP contribution in [-0.2, 0) is 0 Å². The number of hydrogen-bond donors (Lipinski definition) is 2. The van der Waals surface area contributed by atoms with E-state index in [-0.39, 0.29) is 29.6 Å². The molecule has 0 bridgehead atoms. The Morgan fingerprint density at radius 3 is 1.00 bits per heavy atom. The van der Waals surface area contributed by atoms with Gasteiger partial charge in [-0.05, 0) is 0 Å². The van der Waals surface area contributed by atoms with Crippen molar-refractivity contribution >= 4 is 35.7 Å². The maximum Gasteiger partial charge on any atom is -0.0623 e. The first-order chi connectivity index (χ1) is 4.73. The summed E-state index contributed by atoms with van der Waals surface area (Å²) < 4.78 is 0.